The third kappa shape index (κ3) is 5.21. The van der Waals surface area contributed by atoms with Crippen LogP contribution in [0.15, 0.2) is 65.7 Å². The van der Waals surface area contributed by atoms with Crippen molar-refractivity contribution in [3.63, 3.8) is 0 Å². The third-order valence-electron chi connectivity index (χ3n) is 5.36. The summed E-state index contributed by atoms with van der Waals surface area (Å²) < 4.78 is 5.93. The summed E-state index contributed by atoms with van der Waals surface area (Å²) in [4.78, 5) is 28.0. The molecule has 2 aromatic carbocycles. The van der Waals surface area contributed by atoms with Gasteiger partial charge in [0.25, 0.3) is 5.91 Å². The molecule has 1 amide bonds. The molecule has 35 heavy (non-hydrogen) atoms. The van der Waals surface area contributed by atoms with Crippen molar-refractivity contribution in [3.8, 4) is 28.7 Å². The fourth-order valence-electron chi connectivity index (χ4n) is 3.63. The zero-order chi connectivity index (χ0) is 24.9. The van der Waals surface area contributed by atoms with Crippen molar-refractivity contribution in [3.05, 3.63) is 104 Å². The van der Waals surface area contributed by atoms with E-state index in [0.29, 0.717) is 33.7 Å². The molecule has 2 heterocycles. The lowest BCUT2D eigenvalue weighted by atomic mass is 10.0. The predicted octanol–water partition coefficient (Wildman–Crippen LogP) is 4.70. The number of aromatic nitrogens is 3. The minimum atomic E-state index is -0.386. The van der Waals surface area contributed by atoms with Crippen LogP contribution in [0.3, 0.4) is 0 Å². The molecule has 2 aromatic heterocycles. The number of benzene rings is 2. The number of amides is 1. The molecule has 2 N–H and O–H groups in total. The molecule has 0 atom stereocenters. The van der Waals surface area contributed by atoms with Crippen LogP contribution in [0.1, 0.15) is 32.9 Å². The first-order valence-electron chi connectivity index (χ1n) is 10.6. The summed E-state index contributed by atoms with van der Waals surface area (Å²) in [6.07, 6.45) is 3.10. The molecule has 0 fully saturated rings. The topological polar surface area (TPSA) is 121 Å². The molecule has 0 saturated heterocycles. The third-order valence-corrected chi connectivity index (χ3v) is 5.65. The quantitative estimate of drug-likeness (QED) is 0.408. The summed E-state index contributed by atoms with van der Waals surface area (Å²) in [5.74, 6) is 0.216. The average Bonchev–Trinajstić information content (AvgIpc) is 2.84. The lowest BCUT2D eigenvalue weighted by Crippen LogP contribution is -2.27. The van der Waals surface area contributed by atoms with Gasteiger partial charge in [-0.15, -0.1) is 0 Å². The Balaban J connectivity index is 1.53. The number of nitriles is 1. The van der Waals surface area contributed by atoms with Gasteiger partial charge >= 0.3 is 0 Å². The van der Waals surface area contributed by atoms with Gasteiger partial charge in [0, 0.05) is 46.3 Å². The number of nitrogens with zero attached hydrogens (tertiary/aromatic N) is 3. The molecule has 0 bridgehead atoms. The second kappa shape index (κ2) is 10.2. The van der Waals surface area contributed by atoms with E-state index in [2.05, 4.69) is 26.6 Å². The molecule has 0 aliphatic rings. The molecule has 4 aromatic rings. The van der Waals surface area contributed by atoms with Gasteiger partial charge in [0.05, 0.1) is 17.4 Å². The van der Waals surface area contributed by atoms with E-state index in [1.54, 1.807) is 62.6 Å². The van der Waals surface area contributed by atoms with Crippen molar-refractivity contribution in [1.29, 1.82) is 5.26 Å². The van der Waals surface area contributed by atoms with Crippen LogP contribution in [0.25, 0.3) is 11.1 Å². The van der Waals surface area contributed by atoms with Gasteiger partial charge in [0.2, 0.25) is 0 Å². The van der Waals surface area contributed by atoms with Crippen molar-refractivity contribution < 1.29 is 9.53 Å². The highest BCUT2D eigenvalue weighted by Gasteiger charge is 2.15. The molecule has 0 aliphatic heterocycles. The summed E-state index contributed by atoms with van der Waals surface area (Å²) in [5, 5.41) is 20.3. The average molecular weight is 486 g/mol. The van der Waals surface area contributed by atoms with Crippen LogP contribution in [-0.4, -0.2) is 21.1 Å². The SMILES string of the molecule is Cc1cc(=O)c(CNC(=O)c2ccc(Oc3cccc(-c4ccnnc4)c3C#N)c(Cl)c2)c(C)[nH]1. The first-order chi connectivity index (χ1) is 16.9. The van der Waals surface area contributed by atoms with Crippen LogP contribution in [0.5, 0.6) is 11.5 Å². The first-order valence-corrected chi connectivity index (χ1v) is 11.0. The van der Waals surface area contributed by atoms with Crippen LogP contribution in [-0.2, 0) is 6.54 Å². The number of aryl methyl sites for hydroxylation is 2. The van der Waals surface area contributed by atoms with Gasteiger partial charge in [-0.1, -0.05) is 23.7 Å². The van der Waals surface area contributed by atoms with Crippen LogP contribution in [0.4, 0.5) is 0 Å². The first kappa shape index (κ1) is 23.7. The van der Waals surface area contributed by atoms with Crippen molar-refractivity contribution in [2.45, 2.75) is 20.4 Å². The summed E-state index contributed by atoms with van der Waals surface area (Å²) in [6, 6.07) is 15.2. The lowest BCUT2D eigenvalue weighted by Gasteiger charge is -2.13. The second-order valence-electron chi connectivity index (χ2n) is 7.77. The van der Waals surface area contributed by atoms with Crippen LogP contribution in [0.2, 0.25) is 5.02 Å². The Kier molecular flexibility index (Phi) is 6.90. The van der Waals surface area contributed by atoms with Crippen molar-refractivity contribution in [2.75, 3.05) is 0 Å². The van der Waals surface area contributed by atoms with E-state index in [4.69, 9.17) is 16.3 Å². The fraction of sp³-hybridized carbons (Fsp3) is 0.115. The Morgan fingerprint density at radius 2 is 1.97 bits per heavy atom. The number of halogens is 1. The number of carbonyl (C=O) groups excluding carboxylic acids is 1. The van der Waals surface area contributed by atoms with Crippen LogP contribution in [0, 0.1) is 25.2 Å². The number of aromatic amines is 1. The normalized spacial score (nSPS) is 10.5. The number of rotatable bonds is 6. The van der Waals surface area contributed by atoms with Crippen LogP contribution >= 0.6 is 11.6 Å². The molecule has 0 unspecified atom stereocenters. The maximum Gasteiger partial charge on any atom is 0.251 e. The van der Waals surface area contributed by atoms with Crippen molar-refractivity contribution in [2.24, 2.45) is 0 Å². The van der Waals surface area contributed by atoms with Crippen molar-refractivity contribution >= 4 is 17.5 Å². The van der Waals surface area contributed by atoms with Gasteiger partial charge in [-0.05, 0) is 44.2 Å². The van der Waals surface area contributed by atoms with Crippen molar-refractivity contribution in [1.82, 2.24) is 20.5 Å². The van der Waals surface area contributed by atoms with E-state index in [-0.39, 0.29) is 28.7 Å². The number of nitrogens with one attached hydrogen (secondary N) is 2. The Bertz CT molecular complexity index is 1510. The van der Waals surface area contributed by atoms with E-state index in [0.717, 1.165) is 11.3 Å². The number of carbonyl (C=O) groups is 1. The molecule has 0 saturated carbocycles. The van der Waals surface area contributed by atoms with Gasteiger partial charge in [0.1, 0.15) is 23.1 Å². The zero-order valence-electron chi connectivity index (χ0n) is 18.9. The summed E-state index contributed by atoms with van der Waals surface area (Å²) in [7, 11) is 0. The van der Waals surface area contributed by atoms with E-state index < -0.39 is 0 Å². The molecular weight excluding hydrogens is 466 g/mol. The standard InChI is InChI=1S/C26H20ClN5O3/c1-15-10-23(33)21(16(2)32-15)14-29-26(34)17-6-7-25(22(27)11-17)35-24-5-3-4-19(20(24)12-28)18-8-9-30-31-13-18/h3-11,13H,14H2,1-2H3,(H,29,34)(H,32,33). The summed E-state index contributed by atoms with van der Waals surface area (Å²) in [6.45, 7) is 3.67. The number of hydrogen-bond donors (Lipinski definition) is 2. The smallest absolute Gasteiger partial charge is 0.251 e. The van der Waals surface area contributed by atoms with E-state index >= 15 is 0 Å². The van der Waals surface area contributed by atoms with E-state index in [9.17, 15) is 14.9 Å². The second-order valence-corrected chi connectivity index (χ2v) is 8.18. The molecule has 174 valence electrons. The highest BCUT2D eigenvalue weighted by atomic mass is 35.5. The maximum absolute atomic E-state index is 12.7. The van der Waals surface area contributed by atoms with Gasteiger partial charge in [-0.2, -0.15) is 15.5 Å². The molecule has 8 nitrogen and oxygen atoms in total. The predicted molar refractivity (Wildman–Crippen MR) is 131 cm³/mol. The zero-order valence-corrected chi connectivity index (χ0v) is 19.7. The summed E-state index contributed by atoms with van der Waals surface area (Å²) >= 11 is 6.40. The van der Waals surface area contributed by atoms with Gasteiger partial charge in [-0.3, -0.25) is 9.59 Å². The number of pyridine rings is 1. The molecule has 0 spiro atoms. The maximum atomic E-state index is 12.7. The highest BCUT2D eigenvalue weighted by Crippen LogP contribution is 2.35. The summed E-state index contributed by atoms with van der Waals surface area (Å²) in [5.41, 5.74) is 3.80. The van der Waals surface area contributed by atoms with Crippen LogP contribution < -0.4 is 15.5 Å². The Morgan fingerprint density at radius 3 is 2.66 bits per heavy atom. The van der Waals surface area contributed by atoms with E-state index in [1.807, 2.05) is 0 Å². The molecule has 0 radical (unpaired) electrons. The number of hydrogen-bond acceptors (Lipinski definition) is 6. The highest BCUT2D eigenvalue weighted by molar-refractivity contribution is 6.32. The Morgan fingerprint density at radius 1 is 1.14 bits per heavy atom. The van der Waals surface area contributed by atoms with Gasteiger partial charge in [-0.25, -0.2) is 0 Å². The Hall–Kier alpha value is -4.48. The Labute approximate surface area is 206 Å². The minimum absolute atomic E-state index is 0.0817. The molecule has 4 rings (SSSR count). The molecule has 0 aliphatic carbocycles. The van der Waals surface area contributed by atoms with Gasteiger partial charge < -0.3 is 15.0 Å². The monoisotopic (exact) mass is 485 g/mol. The van der Waals surface area contributed by atoms with Gasteiger partial charge in [0.15, 0.2) is 5.43 Å². The van der Waals surface area contributed by atoms with E-state index in [1.165, 1.54) is 12.1 Å². The largest absolute Gasteiger partial charge is 0.454 e. The number of ether oxygens (including phenoxy) is 1. The molecule has 9 heteroatoms. The fourth-order valence-corrected chi connectivity index (χ4v) is 3.85. The lowest BCUT2D eigenvalue weighted by molar-refractivity contribution is 0.0950. The number of H-pyrrole nitrogens is 1. The minimum Gasteiger partial charge on any atom is -0.454 e. The molecular formula is C26H20ClN5O3.